The van der Waals surface area contributed by atoms with Crippen LogP contribution in [0.15, 0.2) is 206 Å². The molecular formula is C52H34N4. The third-order valence-electron chi connectivity index (χ3n) is 11.0. The lowest BCUT2D eigenvalue weighted by molar-refractivity contribution is 0.992. The van der Waals surface area contributed by atoms with Gasteiger partial charge in [-0.05, 0) is 106 Å². The van der Waals surface area contributed by atoms with Crippen molar-refractivity contribution in [3.8, 4) is 56.3 Å². The van der Waals surface area contributed by atoms with Gasteiger partial charge in [0.15, 0.2) is 0 Å². The monoisotopic (exact) mass is 714 g/mol. The molecule has 0 saturated heterocycles. The molecule has 11 aromatic rings. The highest BCUT2D eigenvalue weighted by molar-refractivity contribution is 6.12. The van der Waals surface area contributed by atoms with Crippen LogP contribution in [0.25, 0.3) is 99.9 Å². The number of benzene rings is 8. The van der Waals surface area contributed by atoms with Gasteiger partial charge in [-0.15, -0.1) is 0 Å². The second kappa shape index (κ2) is 13.1. The second-order valence-electron chi connectivity index (χ2n) is 14.3. The van der Waals surface area contributed by atoms with Crippen LogP contribution in [0.4, 0.5) is 0 Å². The second-order valence-corrected chi connectivity index (χ2v) is 14.3. The van der Waals surface area contributed by atoms with Crippen molar-refractivity contribution in [2.45, 2.75) is 0 Å². The van der Waals surface area contributed by atoms with Crippen LogP contribution in [-0.4, -0.2) is 19.1 Å². The number of para-hydroxylation sites is 3. The summed E-state index contributed by atoms with van der Waals surface area (Å²) in [7, 11) is 0. The van der Waals surface area contributed by atoms with Crippen molar-refractivity contribution in [1.29, 1.82) is 0 Å². The molecule has 0 aliphatic carbocycles. The average Bonchev–Trinajstić information content (AvgIpc) is 3.79. The molecule has 0 atom stereocenters. The minimum absolute atomic E-state index is 0.642. The summed E-state index contributed by atoms with van der Waals surface area (Å²) < 4.78 is 4.56. The van der Waals surface area contributed by atoms with E-state index < -0.39 is 0 Å². The van der Waals surface area contributed by atoms with Crippen molar-refractivity contribution < 1.29 is 0 Å². The highest BCUT2D eigenvalue weighted by Gasteiger charge is 2.18. The molecule has 0 fully saturated rings. The maximum Gasteiger partial charge on any atom is 0.235 e. The molecule has 0 spiro atoms. The van der Waals surface area contributed by atoms with Gasteiger partial charge >= 0.3 is 0 Å². The Morgan fingerprint density at radius 3 is 1.36 bits per heavy atom. The summed E-state index contributed by atoms with van der Waals surface area (Å²) in [6, 6.07) is 71.4. The maximum absolute atomic E-state index is 5.28. The van der Waals surface area contributed by atoms with E-state index in [4.69, 9.17) is 9.97 Å². The van der Waals surface area contributed by atoms with E-state index in [0.717, 1.165) is 49.9 Å². The Labute approximate surface area is 324 Å². The van der Waals surface area contributed by atoms with E-state index in [1.54, 1.807) is 0 Å². The van der Waals surface area contributed by atoms with Crippen molar-refractivity contribution in [3.63, 3.8) is 0 Å². The van der Waals surface area contributed by atoms with Gasteiger partial charge in [-0.1, -0.05) is 127 Å². The van der Waals surface area contributed by atoms with Crippen LogP contribution in [0, 0.1) is 0 Å². The molecule has 8 aromatic carbocycles. The van der Waals surface area contributed by atoms with Crippen LogP contribution in [0.2, 0.25) is 0 Å². The summed E-state index contributed by atoms with van der Waals surface area (Å²) in [6.07, 6.45) is 1.88. The first-order valence-electron chi connectivity index (χ1n) is 19.0. The van der Waals surface area contributed by atoms with Crippen LogP contribution in [-0.2, 0) is 0 Å². The zero-order valence-corrected chi connectivity index (χ0v) is 30.4. The summed E-state index contributed by atoms with van der Waals surface area (Å²) >= 11 is 0. The Kier molecular flexibility index (Phi) is 7.46. The summed E-state index contributed by atoms with van der Waals surface area (Å²) in [5, 5.41) is 4.81. The minimum Gasteiger partial charge on any atom is -0.309 e. The first-order valence-corrected chi connectivity index (χ1v) is 19.0. The molecular weight excluding hydrogens is 681 g/mol. The van der Waals surface area contributed by atoms with Gasteiger partial charge < -0.3 is 4.57 Å². The predicted octanol–water partition coefficient (Wildman–Crippen LogP) is 13.3. The highest BCUT2D eigenvalue weighted by Crippen LogP contribution is 2.39. The fourth-order valence-corrected chi connectivity index (χ4v) is 8.36. The third kappa shape index (κ3) is 5.31. The summed E-state index contributed by atoms with van der Waals surface area (Å²) in [4.78, 5) is 10.2. The van der Waals surface area contributed by atoms with Gasteiger partial charge in [0, 0.05) is 39.0 Å². The van der Waals surface area contributed by atoms with Crippen molar-refractivity contribution in [1.82, 2.24) is 19.1 Å². The predicted molar refractivity (Wildman–Crippen MR) is 232 cm³/mol. The molecule has 11 rings (SSSR count). The number of fused-ring (bicyclic) bond motifs is 6. The van der Waals surface area contributed by atoms with Gasteiger partial charge in [0.2, 0.25) is 5.95 Å². The molecule has 0 unspecified atom stereocenters. The molecule has 3 aromatic heterocycles. The average molecular weight is 715 g/mol. The van der Waals surface area contributed by atoms with Crippen molar-refractivity contribution in [2.75, 3.05) is 0 Å². The van der Waals surface area contributed by atoms with E-state index in [0.29, 0.717) is 5.95 Å². The molecule has 0 bridgehead atoms. The van der Waals surface area contributed by atoms with Gasteiger partial charge in [0.25, 0.3) is 0 Å². The number of aromatic nitrogens is 4. The van der Waals surface area contributed by atoms with E-state index in [2.05, 4.69) is 203 Å². The summed E-state index contributed by atoms with van der Waals surface area (Å²) in [5.74, 6) is 0.642. The van der Waals surface area contributed by atoms with Crippen molar-refractivity contribution in [2.24, 2.45) is 0 Å². The van der Waals surface area contributed by atoms with Crippen molar-refractivity contribution >= 4 is 43.6 Å². The number of nitrogens with zero attached hydrogens (tertiary/aromatic N) is 4. The van der Waals surface area contributed by atoms with Gasteiger partial charge in [-0.3, -0.25) is 4.57 Å². The van der Waals surface area contributed by atoms with Gasteiger partial charge in [-0.25, -0.2) is 9.97 Å². The molecule has 0 aliphatic heterocycles. The fourth-order valence-electron chi connectivity index (χ4n) is 8.36. The fraction of sp³-hybridized carbons (Fsp3) is 0. The number of hydrogen-bond donors (Lipinski definition) is 0. The van der Waals surface area contributed by atoms with E-state index in [1.807, 2.05) is 12.3 Å². The van der Waals surface area contributed by atoms with E-state index in [1.165, 1.54) is 44.1 Å². The van der Waals surface area contributed by atoms with Crippen LogP contribution in [0.1, 0.15) is 0 Å². The molecule has 4 heteroatoms. The summed E-state index contributed by atoms with van der Waals surface area (Å²) in [5.41, 5.74) is 14.6. The SMILES string of the molecule is c1ccc(-c2cc(-c3ccccc3)cc(-c3ccnc(-n4c5ccccc5c5cc(-c6ccc7c(c6)c6ccccc6n7-c6ccccc6)ccc54)n3)c2)cc1. The zero-order valence-electron chi connectivity index (χ0n) is 30.4. The number of rotatable bonds is 6. The van der Waals surface area contributed by atoms with Crippen molar-refractivity contribution in [3.05, 3.63) is 206 Å². The van der Waals surface area contributed by atoms with Crippen LogP contribution in [0.3, 0.4) is 0 Å². The Hall–Kier alpha value is -7.56. The quantitative estimate of drug-likeness (QED) is 0.172. The smallest absolute Gasteiger partial charge is 0.235 e. The van der Waals surface area contributed by atoms with Crippen LogP contribution < -0.4 is 0 Å². The number of hydrogen-bond acceptors (Lipinski definition) is 2. The van der Waals surface area contributed by atoms with E-state index in [9.17, 15) is 0 Å². The Morgan fingerprint density at radius 2 is 0.768 bits per heavy atom. The van der Waals surface area contributed by atoms with Gasteiger partial charge in [-0.2, -0.15) is 0 Å². The highest BCUT2D eigenvalue weighted by atomic mass is 15.2. The first-order chi connectivity index (χ1) is 27.8. The Morgan fingerprint density at radius 1 is 0.304 bits per heavy atom. The molecule has 262 valence electrons. The van der Waals surface area contributed by atoms with Gasteiger partial charge in [0.05, 0.1) is 27.8 Å². The third-order valence-corrected chi connectivity index (χ3v) is 11.0. The Balaban J connectivity index is 1.05. The maximum atomic E-state index is 5.28. The topological polar surface area (TPSA) is 35.6 Å². The lowest BCUT2D eigenvalue weighted by Crippen LogP contribution is -2.01. The molecule has 3 heterocycles. The van der Waals surface area contributed by atoms with Crippen LogP contribution >= 0.6 is 0 Å². The molecule has 0 N–H and O–H groups in total. The Bertz CT molecular complexity index is 3170. The van der Waals surface area contributed by atoms with Gasteiger partial charge in [0.1, 0.15) is 0 Å². The molecule has 0 saturated carbocycles. The standard InChI is InChI=1S/C52H34N4/c1-4-14-35(15-5-1)39-30-40(36-16-6-2-7-17-36)32-41(31-39)47-28-29-53-52(54-47)56-49-23-13-11-21-44(49)46-34-38(25-27-51(46)56)37-24-26-50-45(33-37)43-20-10-12-22-48(43)55(50)42-18-8-3-9-19-42/h1-34H. The molecule has 56 heavy (non-hydrogen) atoms. The molecule has 0 radical (unpaired) electrons. The van der Waals surface area contributed by atoms with E-state index in [-0.39, 0.29) is 0 Å². The zero-order chi connectivity index (χ0) is 37.0. The lowest BCUT2D eigenvalue weighted by atomic mass is 9.95. The van der Waals surface area contributed by atoms with E-state index >= 15 is 0 Å². The lowest BCUT2D eigenvalue weighted by Gasteiger charge is -2.12. The normalized spacial score (nSPS) is 11.6. The molecule has 4 nitrogen and oxygen atoms in total. The summed E-state index contributed by atoms with van der Waals surface area (Å²) in [6.45, 7) is 0. The first kappa shape index (κ1) is 31.9. The molecule has 0 aliphatic rings. The van der Waals surface area contributed by atoms with Crippen LogP contribution in [0.5, 0.6) is 0 Å². The minimum atomic E-state index is 0.642. The molecule has 0 amide bonds. The largest absolute Gasteiger partial charge is 0.309 e.